The first-order chi connectivity index (χ1) is 4.70. The molecule has 0 fully saturated rings. The molecule has 0 aliphatic carbocycles. The van der Waals surface area contributed by atoms with E-state index in [-0.39, 0.29) is 6.04 Å². The van der Waals surface area contributed by atoms with Crippen molar-refractivity contribution in [2.24, 2.45) is 0 Å². The molecule has 0 aromatic heterocycles. The molecule has 3 nitrogen and oxygen atoms in total. The second-order valence-electron chi connectivity index (χ2n) is 2.04. The minimum absolute atomic E-state index is 0.149. The van der Waals surface area contributed by atoms with Crippen LogP contribution in [0.1, 0.15) is 6.42 Å². The molecule has 1 N–H and O–H groups in total. The first-order valence-corrected chi connectivity index (χ1v) is 4.80. The predicted molar refractivity (Wildman–Crippen MR) is 42.0 cm³/mol. The molecule has 0 rings (SSSR count). The smallest absolute Gasteiger partial charge is 0.0959 e. The van der Waals surface area contributed by atoms with Gasteiger partial charge in [0, 0.05) is 22.8 Å². The van der Waals surface area contributed by atoms with Gasteiger partial charge in [-0.3, -0.25) is 4.21 Å². The van der Waals surface area contributed by atoms with E-state index in [1.165, 1.54) is 0 Å². The summed E-state index contributed by atoms with van der Waals surface area (Å²) in [6.07, 6.45) is 2.31. The van der Waals surface area contributed by atoms with Gasteiger partial charge in [0.25, 0.3) is 0 Å². The summed E-state index contributed by atoms with van der Waals surface area (Å²) in [5, 5.41) is 11.2. The fraction of sp³-hybridized carbons (Fsp3) is 0.833. The molecule has 0 bridgehead atoms. The van der Waals surface area contributed by atoms with E-state index in [1.54, 1.807) is 13.3 Å². The highest BCUT2D eigenvalue weighted by Gasteiger charge is 2.03. The number of nitrogens with zero attached hydrogens (tertiary/aromatic N) is 1. The van der Waals surface area contributed by atoms with Crippen molar-refractivity contribution in [2.45, 2.75) is 12.5 Å². The van der Waals surface area contributed by atoms with E-state index >= 15 is 0 Å². The van der Waals surface area contributed by atoms with Gasteiger partial charge in [-0.15, -0.1) is 0 Å². The maximum Gasteiger partial charge on any atom is 0.0959 e. The molecule has 0 aliphatic rings. The summed E-state index contributed by atoms with van der Waals surface area (Å²) in [4.78, 5) is 0. The molecule has 0 aliphatic heterocycles. The predicted octanol–water partition coefficient (Wildman–Crippen LogP) is -0.133. The van der Waals surface area contributed by atoms with Crippen LogP contribution in [0.4, 0.5) is 0 Å². The van der Waals surface area contributed by atoms with Crippen molar-refractivity contribution >= 4 is 10.8 Å². The van der Waals surface area contributed by atoms with Crippen molar-refractivity contribution in [3.8, 4) is 6.07 Å². The van der Waals surface area contributed by atoms with Gasteiger partial charge >= 0.3 is 0 Å². The molecule has 0 amide bonds. The molecule has 4 heteroatoms. The molecule has 0 saturated carbocycles. The first-order valence-electron chi connectivity index (χ1n) is 3.07. The van der Waals surface area contributed by atoms with E-state index in [1.807, 2.05) is 0 Å². The topological polar surface area (TPSA) is 52.9 Å². The largest absolute Gasteiger partial charge is 0.305 e. The Balaban J connectivity index is 3.47. The first kappa shape index (κ1) is 9.60. The van der Waals surface area contributed by atoms with Crippen molar-refractivity contribution in [2.75, 3.05) is 19.1 Å². The van der Waals surface area contributed by atoms with E-state index in [4.69, 9.17) is 5.26 Å². The summed E-state index contributed by atoms with van der Waals surface area (Å²) < 4.78 is 10.6. The summed E-state index contributed by atoms with van der Waals surface area (Å²) in [7, 11) is 0.948. The number of rotatable bonds is 4. The maximum atomic E-state index is 10.6. The molecule has 0 aromatic rings. The fourth-order valence-electron chi connectivity index (χ4n) is 0.557. The van der Waals surface area contributed by atoms with Gasteiger partial charge in [-0.05, 0) is 13.5 Å². The summed E-state index contributed by atoms with van der Waals surface area (Å²) >= 11 is 0. The average molecular weight is 160 g/mol. The Morgan fingerprint density at radius 1 is 1.80 bits per heavy atom. The lowest BCUT2D eigenvalue weighted by Crippen LogP contribution is -2.24. The van der Waals surface area contributed by atoms with E-state index < -0.39 is 10.8 Å². The normalized spacial score (nSPS) is 15.7. The average Bonchev–Trinajstić information content (AvgIpc) is 1.90. The van der Waals surface area contributed by atoms with Gasteiger partial charge in [-0.25, -0.2) is 0 Å². The van der Waals surface area contributed by atoms with Crippen molar-refractivity contribution in [3.05, 3.63) is 0 Å². The van der Waals surface area contributed by atoms with Gasteiger partial charge in [0.1, 0.15) is 0 Å². The van der Waals surface area contributed by atoms with Gasteiger partial charge < -0.3 is 5.32 Å². The van der Waals surface area contributed by atoms with E-state index in [0.29, 0.717) is 12.2 Å². The fourth-order valence-corrected chi connectivity index (χ4v) is 1.12. The summed E-state index contributed by atoms with van der Waals surface area (Å²) in [5.41, 5.74) is 0. The molecule has 2 unspecified atom stereocenters. The van der Waals surface area contributed by atoms with Crippen LogP contribution in [0.15, 0.2) is 0 Å². The molecule has 0 radical (unpaired) electrons. The molecule has 10 heavy (non-hydrogen) atoms. The zero-order chi connectivity index (χ0) is 7.98. The van der Waals surface area contributed by atoms with Crippen LogP contribution in [0.3, 0.4) is 0 Å². The Hall–Kier alpha value is -0.400. The summed E-state index contributed by atoms with van der Waals surface area (Å²) in [6, 6.07) is 1.91. The summed E-state index contributed by atoms with van der Waals surface area (Å²) in [5.74, 6) is 0.596. The van der Waals surface area contributed by atoms with Gasteiger partial charge in [0.2, 0.25) is 0 Å². The third-order valence-electron chi connectivity index (χ3n) is 1.20. The van der Waals surface area contributed by atoms with Gasteiger partial charge in [-0.2, -0.15) is 5.26 Å². The van der Waals surface area contributed by atoms with Crippen LogP contribution < -0.4 is 5.32 Å². The lowest BCUT2D eigenvalue weighted by molar-refractivity contribution is 0.648. The Kier molecular flexibility index (Phi) is 5.17. The molecule has 0 aromatic carbocycles. The Labute approximate surface area is 63.9 Å². The van der Waals surface area contributed by atoms with Crippen LogP contribution in [0.25, 0.3) is 0 Å². The zero-order valence-electron chi connectivity index (χ0n) is 6.26. The Morgan fingerprint density at radius 3 is 2.70 bits per heavy atom. The lowest BCUT2D eigenvalue weighted by Gasteiger charge is -2.03. The van der Waals surface area contributed by atoms with Gasteiger partial charge in [0.05, 0.1) is 12.1 Å². The zero-order valence-corrected chi connectivity index (χ0v) is 7.07. The Bertz CT molecular complexity index is 152. The van der Waals surface area contributed by atoms with Crippen molar-refractivity contribution < 1.29 is 4.21 Å². The molecule has 0 saturated heterocycles. The van der Waals surface area contributed by atoms with Crippen LogP contribution >= 0.6 is 0 Å². The maximum absolute atomic E-state index is 10.6. The molecule has 2 atom stereocenters. The summed E-state index contributed by atoms with van der Waals surface area (Å²) in [6.45, 7) is 0. The number of nitriles is 1. The quantitative estimate of drug-likeness (QED) is 0.623. The minimum Gasteiger partial charge on any atom is -0.305 e. The lowest BCUT2D eigenvalue weighted by atomic mass is 10.3. The van der Waals surface area contributed by atoms with E-state index in [9.17, 15) is 4.21 Å². The minimum atomic E-state index is -0.780. The number of nitrogens with one attached hydrogen (secondary N) is 1. The van der Waals surface area contributed by atoms with Gasteiger partial charge in [0.15, 0.2) is 0 Å². The number of hydrogen-bond donors (Lipinski definition) is 1. The van der Waals surface area contributed by atoms with Crippen LogP contribution in [0.2, 0.25) is 0 Å². The van der Waals surface area contributed by atoms with E-state index in [2.05, 4.69) is 11.4 Å². The highest BCUT2D eigenvalue weighted by Crippen LogP contribution is 1.90. The third-order valence-corrected chi connectivity index (χ3v) is 2.01. The molecular formula is C6H12N2OS. The van der Waals surface area contributed by atoms with Gasteiger partial charge in [-0.1, -0.05) is 0 Å². The number of hydrogen-bond acceptors (Lipinski definition) is 3. The van der Waals surface area contributed by atoms with Crippen molar-refractivity contribution in [1.82, 2.24) is 5.32 Å². The molecule has 0 heterocycles. The van der Waals surface area contributed by atoms with Crippen LogP contribution in [-0.2, 0) is 10.8 Å². The standard InChI is InChI=1S/C6H12N2OS/c1-8-6(5-7)3-4-10(2)9/h6,8H,3-4H2,1-2H3. The molecule has 0 spiro atoms. The highest BCUT2D eigenvalue weighted by molar-refractivity contribution is 7.84. The Morgan fingerprint density at radius 2 is 2.40 bits per heavy atom. The van der Waals surface area contributed by atoms with E-state index in [0.717, 1.165) is 0 Å². The SMILES string of the molecule is CNC(C#N)CCS(C)=O. The van der Waals surface area contributed by atoms with Crippen LogP contribution in [0.5, 0.6) is 0 Å². The second kappa shape index (κ2) is 5.39. The van der Waals surface area contributed by atoms with Crippen molar-refractivity contribution in [3.63, 3.8) is 0 Å². The van der Waals surface area contributed by atoms with Crippen molar-refractivity contribution in [1.29, 1.82) is 5.26 Å². The molecular weight excluding hydrogens is 148 g/mol. The van der Waals surface area contributed by atoms with Crippen LogP contribution in [-0.4, -0.2) is 29.3 Å². The van der Waals surface area contributed by atoms with Crippen LogP contribution in [0, 0.1) is 11.3 Å². The molecule has 58 valence electrons. The third kappa shape index (κ3) is 4.48. The highest BCUT2D eigenvalue weighted by atomic mass is 32.2. The second-order valence-corrected chi connectivity index (χ2v) is 3.59. The monoisotopic (exact) mass is 160 g/mol.